The molecule has 2 heterocycles. The van der Waals surface area contributed by atoms with E-state index in [9.17, 15) is 0 Å². The normalized spacial score (nSPS) is 11.6. The molecule has 0 amide bonds. The van der Waals surface area contributed by atoms with Gasteiger partial charge in [-0.25, -0.2) is 0 Å². The van der Waals surface area contributed by atoms with Gasteiger partial charge in [-0.15, -0.1) is 0 Å². The highest BCUT2D eigenvalue weighted by Crippen LogP contribution is 2.43. The topological polar surface area (TPSA) is 29.3 Å². The summed E-state index contributed by atoms with van der Waals surface area (Å²) in [6, 6.07) is 63.0. The van der Waals surface area contributed by atoms with Crippen molar-refractivity contribution >= 4 is 71.4 Å². The van der Waals surface area contributed by atoms with Crippen molar-refractivity contribution in [2.24, 2.45) is 0 Å². The number of furan rings is 1. The molecule has 0 aliphatic carbocycles. The lowest BCUT2D eigenvalue weighted by Crippen LogP contribution is -2.10. The summed E-state index contributed by atoms with van der Waals surface area (Å²) < 4.78 is 6.36. The second kappa shape index (κ2) is 11.5. The standard InChI is InChI=1S/C47H30N2O/c1-2-12-33-26-35(24-23-31(33)10-1)34-14-5-17-38(27-34)49(39-18-6-15-36(28-39)41-20-7-13-32-11-3-4-19-40(32)41)44-21-8-16-37-29-43-46(30-42(37)44)50-45-22-9-25-48-47(43)45/h1-30H. The van der Waals surface area contributed by atoms with Crippen LogP contribution in [0.5, 0.6) is 0 Å². The molecule has 0 saturated carbocycles. The molecule has 3 nitrogen and oxygen atoms in total. The van der Waals surface area contributed by atoms with Gasteiger partial charge in [0.2, 0.25) is 0 Å². The Morgan fingerprint density at radius 2 is 1.10 bits per heavy atom. The van der Waals surface area contributed by atoms with Crippen LogP contribution in [0.4, 0.5) is 17.1 Å². The number of aromatic nitrogens is 1. The van der Waals surface area contributed by atoms with Gasteiger partial charge in [0.25, 0.3) is 0 Å². The first kappa shape index (κ1) is 28.3. The molecule has 10 aromatic rings. The van der Waals surface area contributed by atoms with E-state index in [0.717, 1.165) is 55.5 Å². The fourth-order valence-corrected chi connectivity index (χ4v) is 7.46. The molecule has 0 radical (unpaired) electrons. The maximum absolute atomic E-state index is 6.36. The number of hydrogen-bond acceptors (Lipinski definition) is 3. The Labute approximate surface area is 289 Å². The van der Waals surface area contributed by atoms with E-state index in [-0.39, 0.29) is 0 Å². The van der Waals surface area contributed by atoms with Gasteiger partial charge >= 0.3 is 0 Å². The van der Waals surface area contributed by atoms with Crippen molar-refractivity contribution in [3.8, 4) is 22.3 Å². The average molecular weight is 639 g/mol. The van der Waals surface area contributed by atoms with Crippen LogP contribution in [0.25, 0.3) is 76.6 Å². The zero-order valence-corrected chi connectivity index (χ0v) is 27.1. The third-order valence-electron chi connectivity index (χ3n) is 9.84. The van der Waals surface area contributed by atoms with Crippen LogP contribution in [-0.4, -0.2) is 4.98 Å². The van der Waals surface area contributed by atoms with Crippen molar-refractivity contribution in [2.75, 3.05) is 4.90 Å². The Bertz CT molecular complexity index is 2900. The smallest absolute Gasteiger partial charge is 0.153 e. The molecular weight excluding hydrogens is 609 g/mol. The fraction of sp³-hybridized carbons (Fsp3) is 0. The summed E-state index contributed by atoms with van der Waals surface area (Å²) in [6.07, 6.45) is 1.82. The molecule has 3 heteroatoms. The predicted molar refractivity (Wildman–Crippen MR) is 210 cm³/mol. The van der Waals surface area contributed by atoms with E-state index >= 15 is 0 Å². The van der Waals surface area contributed by atoms with Gasteiger partial charge in [-0.2, -0.15) is 0 Å². The fourth-order valence-electron chi connectivity index (χ4n) is 7.46. The number of pyridine rings is 1. The van der Waals surface area contributed by atoms with Gasteiger partial charge in [0, 0.05) is 28.3 Å². The molecule has 2 aromatic heterocycles. The van der Waals surface area contributed by atoms with Gasteiger partial charge < -0.3 is 9.32 Å². The van der Waals surface area contributed by atoms with Gasteiger partial charge in [-0.3, -0.25) is 4.98 Å². The van der Waals surface area contributed by atoms with E-state index < -0.39 is 0 Å². The van der Waals surface area contributed by atoms with Crippen molar-refractivity contribution in [2.45, 2.75) is 0 Å². The summed E-state index contributed by atoms with van der Waals surface area (Å²) in [4.78, 5) is 7.03. The maximum Gasteiger partial charge on any atom is 0.153 e. The molecule has 8 aromatic carbocycles. The van der Waals surface area contributed by atoms with Gasteiger partial charge in [-0.05, 0) is 110 Å². The molecule has 234 valence electrons. The summed E-state index contributed by atoms with van der Waals surface area (Å²) in [6.45, 7) is 0. The number of hydrogen-bond donors (Lipinski definition) is 0. The number of nitrogens with zero attached hydrogens (tertiary/aromatic N) is 2. The largest absolute Gasteiger partial charge is 0.454 e. The third kappa shape index (κ3) is 4.71. The van der Waals surface area contributed by atoms with Gasteiger partial charge in [-0.1, -0.05) is 115 Å². The minimum atomic E-state index is 0.794. The molecule has 0 aliphatic rings. The zero-order chi connectivity index (χ0) is 33.0. The highest BCUT2D eigenvalue weighted by molar-refractivity contribution is 6.12. The molecular formula is C47H30N2O. The predicted octanol–water partition coefficient (Wildman–Crippen LogP) is 13.2. The van der Waals surface area contributed by atoms with Crippen molar-refractivity contribution in [1.82, 2.24) is 4.98 Å². The van der Waals surface area contributed by atoms with Crippen molar-refractivity contribution in [3.63, 3.8) is 0 Å². The Kier molecular flexibility index (Phi) is 6.49. The lowest BCUT2D eigenvalue weighted by atomic mass is 9.97. The van der Waals surface area contributed by atoms with Crippen LogP contribution in [0.15, 0.2) is 187 Å². The van der Waals surface area contributed by atoms with Crippen LogP contribution in [0.2, 0.25) is 0 Å². The van der Waals surface area contributed by atoms with Crippen LogP contribution < -0.4 is 4.90 Å². The maximum atomic E-state index is 6.36. The first-order chi connectivity index (χ1) is 24.8. The summed E-state index contributed by atoms with van der Waals surface area (Å²) in [5.74, 6) is 0. The van der Waals surface area contributed by atoms with Crippen molar-refractivity contribution < 1.29 is 4.42 Å². The Hall–Kier alpha value is -6.71. The van der Waals surface area contributed by atoms with Crippen molar-refractivity contribution in [1.29, 1.82) is 0 Å². The molecule has 0 aliphatic heterocycles. The second-order valence-electron chi connectivity index (χ2n) is 12.8. The quantitative estimate of drug-likeness (QED) is 0.188. The summed E-state index contributed by atoms with van der Waals surface area (Å²) in [5, 5.41) is 8.19. The summed E-state index contributed by atoms with van der Waals surface area (Å²) in [7, 11) is 0. The Morgan fingerprint density at radius 3 is 2.00 bits per heavy atom. The highest BCUT2D eigenvalue weighted by Gasteiger charge is 2.19. The summed E-state index contributed by atoms with van der Waals surface area (Å²) in [5.41, 5.74) is 10.5. The molecule has 0 N–H and O–H groups in total. The van der Waals surface area contributed by atoms with Gasteiger partial charge in [0.1, 0.15) is 11.1 Å². The number of anilines is 3. The number of rotatable bonds is 5. The van der Waals surface area contributed by atoms with E-state index in [4.69, 9.17) is 4.42 Å². The van der Waals surface area contributed by atoms with E-state index in [0.29, 0.717) is 0 Å². The minimum Gasteiger partial charge on any atom is -0.454 e. The Balaban J connectivity index is 1.20. The van der Waals surface area contributed by atoms with Crippen molar-refractivity contribution in [3.05, 3.63) is 182 Å². The number of benzene rings is 8. The van der Waals surface area contributed by atoms with E-state index in [1.807, 2.05) is 18.3 Å². The molecule has 0 unspecified atom stereocenters. The van der Waals surface area contributed by atoms with Crippen LogP contribution in [-0.2, 0) is 0 Å². The number of fused-ring (bicyclic) bond motifs is 6. The molecule has 50 heavy (non-hydrogen) atoms. The molecule has 10 rings (SSSR count). The van der Waals surface area contributed by atoms with E-state index in [1.54, 1.807) is 0 Å². The van der Waals surface area contributed by atoms with Crippen LogP contribution >= 0.6 is 0 Å². The van der Waals surface area contributed by atoms with E-state index in [1.165, 1.54) is 38.2 Å². The monoisotopic (exact) mass is 638 g/mol. The van der Waals surface area contributed by atoms with Crippen LogP contribution in [0.3, 0.4) is 0 Å². The molecule has 0 spiro atoms. The van der Waals surface area contributed by atoms with Crippen LogP contribution in [0, 0.1) is 0 Å². The lowest BCUT2D eigenvalue weighted by Gasteiger charge is -2.28. The van der Waals surface area contributed by atoms with Gasteiger partial charge in [0.15, 0.2) is 5.58 Å². The first-order valence-electron chi connectivity index (χ1n) is 16.9. The molecule has 0 fully saturated rings. The molecule has 0 bridgehead atoms. The SMILES string of the molecule is c1cc(-c2ccc3ccccc3c2)cc(N(c2cccc(-c3cccc4ccccc34)c2)c2cccc3cc4c(cc23)oc2cccnc24)c1. The molecule has 0 saturated heterocycles. The summed E-state index contributed by atoms with van der Waals surface area (Å²) >= 11 is 0. The second-order valence-corrected chi connectivity index (χ2v) is 12.8. The minimum absolute atomic E-state index is 0.794. The third-order valence-corrected chi connectivity index (χ3v) is 9.84. The molecule has 0 atom stereocenters. The average Bonchev–Trinajstić information content (AvgIpc) is 3.54. The zero-order valence-electron chi connectivity index (χ0n) is 27.1. The lowest BCUT2D eigenvalue weighted by molar-refractivity contribution is 0.668. The Morgan fingerprint density at radius 1 is 0.400 bits per heavy atom. The van der Waals surface area contributed by atoms with Crippen LogP contribution in [0.1, 0.15) is 0 Å². The van der Waals surface area contributed by atoms with E-state index in [2.05, 4.69) is 174 Å². The first-order valence-corrected chi connectivity index (χ1v) is 16.9. The van der Waals surface area contributed by atoms with Gasteiger partial charge in [0.05, 0.1) is 5.69 Å². The highest BCUT2D eigenvalue weighted by atomic mass is 16.3.